The molecule has 280 valence electrons. The lowest BCUT2D eigenvalue weighted by molar-refractivity contribution is -0.153. The van der Waals surface area contributed by atoms with Gasteiger partial charge in [-0.15, -0.1) is 12.4 Å². The molecule has 0 amide bonds. The van der Waals surface area contributed by atoms with Crippen LogP contribution in [-0.2, 0) is 28.3 Å². The number of benzene rings is 2. The average molecular weight is 915 g/mol. The molecule has 0 saturated heterocycles. The van der Waals surface area contributed by atoms with Crippen LogP contribution in [0.4, 0.5) is 13.2 Å². The largest absolute Gasteiger partial charge is 0.488 e. The van der Waals surface area contributed by atoms with Crippen molar-refractivity contribution in [1.82, 2.24) is 9.97 Å². The highest BCUT2D eigenvalue weighted by atomic mass is 79.9. The maximum atomic E-state index is 11.8. The smallest absolute Gasteiger partial charge is 0.481 e. The minimum atomic E-state index is -4.37. The summed E-state index contributed by atoms with van der Waals surface area (Å²) in [6, 6.07) is 17.8. The fraction of sp³-hybridized carbons (Fsp3) is 0.235. The molecule has 5 N–H and O–H groups in total. The van der Waals surface area contributed by atoms with Gasteiger partial charge in [0.05, 0.1) is 27.0 Å². The van der Waals surface area contributed by atoms with Gasteiger partial charge in [-0.05, 0) is 96.1 Å². The molecule has 9 nitrogen and oxygen atoms in total. The van der Waals surface area contributed by atoms with Crippen LogP contribution < -0.4 is 11.2 Å². The van der Waals surface area contributed by atoms with Crippen LogP contribution in [0.2, 0.25) is 5.02 Å². The number of halogens is 8. The van der Waals surface area contributed by atoms with Crippen molar-refractivity contribution in [3.8, 4) is 0 Å². The molecule has 0 atom stereocenters. The van der Waals surface area contributed by atoms with Crippen molar-refractivity contribution in [2.45, 2.75) is 51.2 Å². The molecule has 0 aliphatic carbocycles. The zero-order valence-corrected chi connectivity index (χ0v) is 33.5. The van der Waals surface area contributed by atoms with E-state index in [0.717, 1.165) is 38.4 Å². The third-order valence-electron chi connectivity index (χ3n) is 7.17. The van der Waals surface area contributed by atoms with Crippen LogP contribution >= 0.6 is 67.5 Å². The van der Waals surface area contributed by atoms with E-state index in [9.17, 15) is 22.8 Å². The summed E-state index contributed by atoms with van der Waals surface area (Å²) in [5.41, 5.74) is 8.94. The number of carboxylic acid groups (broad SMARTS) is 1. The number of nitrogens with two attached hydrogens (primary N) is 1. The molecule has 0 fully saturated rings. The predicted octanol–water partition coefficient (Wildman–Crippen LogP) is 8.53. The Labute approximate surface area is 331 Å². The highest BCUT2D eigenvalue weighted by Crippen LogP contribution is 2.31. The molecular weight excluding hydrogens is 880 g/mol. The minimum Gasteiger partial charge on any atom is -0.481 e. The summed E-state index contributed by atoms with van der Waals surface area (Å²) in [6.07, 6.45) is -2.70. The number of carbonyl (C=O) groups excluding carboxylic acids is 1. The SMILES string of the molecule is CC(C)(C(=O)O)c1cccc(B(O)O)c1.Cc1nc2ccccc2c(C(=O)Cl)c1C.Cl.FC(F)(F)c1ccc(CBr)o1.NCc1ncc(Br)cc1Cl. The van der Waals surface area contributed by atoms with E-state index in [1.807, 2.05) is 38.1 Å². The van der Waals surface area contributed by atoms with Gasteiger partial charge < -0.3 is 25.3 Å². The van der Waals surface area contributed by atoms with Gasteiger partial charge in [0, 0.05) is 33.9 Å². The fourth-order valence-electron chi connectivity index (χ4n) is 4.09. The number of furan rings is 1. The van der Waals surface area contributed by atoms with E-state index in [-0.39, 0.29) is 18.2 Å². The third kappa shape index (κ3) is 13.4. The fourth-order valence-corrected chi connectivity index (χ4v) is 5.34. The second kappa shape index (κ2) is 21.0. The van der Waals surface area contributed by atoms with Crippen molar-refractivity contribution in [3.05, 3.63) is 122 Å². The van der Waals surface area contributed by atoms with E-state index in [1.54, 1.807) is 38.2 Å². The number of rotatable bonds is 6. The number of alkyl halides is 4. The van der Waals surface area contributed by atoms with Crippen molar-refractivity contribution in [2.24, 2.45) is 5.73 Å². The number of hydrogen-bond acceptors (Lipinski definition) is 8. The van der Waals surface area contributed by atoms with E-state index < -0.39 is 35.7 Å². The number of para-hydroxylation sites is 1. The normalized spacial score (nSPS) is 10.7. The van der Waals surface area contributed by atoms with Crippen LogP contribution in [0.5, 0.6) is 0 Å². The van der Waals surface area contributed by atoms with Crippen LogP contribution in [-0.4, -0.2) is 43.5 Å². The van der Waals surface area contributed by atoms with Gasteiger partial charge in [0.1, 0.15) is 5.76 Å². The molecule has 3 aromatic heterocycles. The van der Waals surface area contributed by atoms with Crippen LogP contribution in [0.1, 0.15) is 58.2 Å². The molecule has 0 aliphatic rings. The van der Waals surface area contributed by atoms with Gasteiger partial charge in [0.25, 0.3) is 5.24 Å². The van der Waals surface area contributed by atoms with E-state index >= 15 is 0 Å². The summed E-state index contributed by atoms with van der Waals surface area (Å²) in [5.74, 6) is -1.63. The van der Waals surface area contributed by atoms with Crippen LogP contribution in [0.25, 0.3) is 10.9 Å². The number of nitrogens with zero attached hydrogens (tertiary/aromatic N) is 2. The standard InChI is InChI=1S/C12H10ClNO.C10H13BO4.C6H6BrClN2.C6H4BrF3O.ClH/c1-7-8(2)14-10-6-4-3-5-9(10)11(7)12(13)15;1-10(2,9(12)13)7-4-3-5-8(6-7)11(14)15;7-4-1-5(8)6(2-9)10-3-4;7-3-4-1-2-5(11-4)6(8,9)10;/h3-6H,1-2H3;3-6,14-15H,1-2H3,(H,12,13);1,3H,2,9H2;1-2H,3H2;1H. The summed E-state index contributed by atoms with van der Waals surface area (Å²) >= 11 is 17.6. The minimum absolute atomic E-state index is 0. The first kappa shape index (κ1) is 47.0. The highest BCUT2D eigenvalue weighted by Gasteiger charge is 2.34. The Morgan fingerprint density at radius 3 is 2.13 bits per heavy atom. The predicted molar refractivity (Wildman–Crippen MR) is 207 cm³/mol. The topological polar surface area (TPSA) is 160 Å². The molecule has 0 bridgehead atoms. The van der Waals surface area contributed by atoms with Crippen molar-refractivity contribution in [1.29, 1.82) is 0 Å². The lowest BCUT2D eigenvalue weighted by atomic mass is 9.76. The molecule has 5 rings (SSSR count). The molecule has 5 aromatic rings. The summed E-state index contributed by atoms with van der Waals surface area (Å²) < 4.78 is 40.8. The van der Waals surface area contributed by atoms with E-state index in [4.69, 9.17) is 44.1 Å². The van der Waals surface area contributed by atoms with Gasteiger partial charge in [0.2, 0.25) is 5.76 Å². The second-order valence-corrected chi connectivity index (χ2v) is 13.3. The number of fused-ring (bicyclic) bond motifs is 1. The van der Waals surface area contributed by atoms with E-state index in [2.05, 4.69) is 46.2 Å². The Hall–Kier alpha value is -3.02. The first-order valence-corrected chi connectivity index (χ1v) is 17.4. The lowest BCUT2D eigenvalue weighted by Gasteiger charge is -2.20. The Morgan fingerprint density at radius 2 is 1.65 bits per heavy atom. The molecule has 52 heavy (non-hydrogen) atoms. The number of carboxylic acids is 1. The first-order chi connectivity index (χ1) is 23.7. The van der Waals surface area contributed by atoms with Gasteiger partial charge in [-0.2, -0.15) is 13.2 Å². The van der Waals surface area contributed by atoms with Crippen molar-refractivity contribution in [2.75, 3.05) is 0 Å². The Balaban J connectivity index is 0.000000349. The summed E-state index contributed by atoms with van der Waals surface area (Å²) in [6.45, 7) is 7.26. The van der Waals surface area contributed by atoms with Crippen molar-refractivity contribution >= 4 is 102 Å². The number of aryl methyl sites for hydroxylation is 1. The van der Waals surface area contributed by atoms with Crippen LogP contribution in [0.15, 0.2) is 81.8 Å². The van der Waals surface area contributed by atoms with Gasteiger partial charge in [-0.1, -0.05) is 70.0 Å². The molecule has 18 heteroatoms. The molecule has 3 heterocycles. The molecule has 0 radical (unpaired) electrons. The lowest BCUT2D eigenvalue weighted by Crippen LogP contribution is -2.34. The molecule has 0 saturated carbocycles. The quantitative estimate of drug-likeness (QED) is 0.0744. The van der Waals surface area contributed by atoms with Gasteiger partial charge in [-0.3, -0.25) is 19.6 Å². The zero-order valence-electron chi connectivity index (χ0n) is 28.0. The zero-order chi connectivity index (χ0) is 38.7. The van der Waals surface area contributed by atoms with Crippen molar-refractivity contribution in [3.63, 3.8) is 0 Å². The van der Waals surface area contributed by atoms with Gasteiger partial charge in [-0.25, -0.2) is 0 Å². The number of pyridine rings is 2. The molecule has 0 spiro atoms. The van der Waals surface area contributed by atoms with Crippen LogP contribution in [0, 0.1) is 13.8 Å². The first-order valence-electron chi connectivity index (χ1n) is 14.7. The van der Waals surface area contributed by atoms with Gasteiger partial charge in [0.15, 0.2) is 0 Å². The molecule has 0 unspecified atom stereocenters. The van der Waals surface area contributed by atoms with Crippen molar-refractivity contribution < 1.29 is 42.3 Å². The summed E-state index contributed by atoms with van der Waals surface area (Å²) in [7, 11) is -1.57. The molecular formula is C34H34BBr2Cl3F3N3O6. The number of aromatic nitrogens is 2. The summed E-state index contributed by atoms with van der Waals surface area (Å²) in [5, 5.41) is 28.2. The monoisotopic (exact) mass is 911 g/mol. The average Bonchev–Trinajstić information content (AvgIpc) is 3.57. The van der Waals surface area contributed by atoms with E-state index in [0.29, 0.717) is 33.5 Å². The second-order valence-electron chi connectivity index (χ2n) is 11.1. The number of aliphatic carboxylic acids is 1. The Morgan fingerprint density at radius 1 is 1.02 bits per heavy atom. The van der Waals surface area contributed by atoms with Gasteiger partial charge >= 0.3 is 19.3 Å². The Bertz CT molecular complexity index is 1970. The van der Waals surface area contributed by atoms with Crippen LogP contribution in [0.3, 0.4) is 0 Å². The highest BCUT2D eigenvalue weighted by molar-refractivity contribution is 9.10. The maximum Gasteiger partial charge on any atom is 0.488 e. The number of hydrogen-bond donors (Lipinski definition) is 4. The third-order valence-corrected chi connectivity index (χ3v) is 8.67. The maximum absolute atomic E-state index is 11.8. The summed E-state index contributed by atoms with van der Waals surface area (Å²) in [4.78, 5) is 30.7. The number of carbonyl (C=O) groups is 2. The van der Waals surface area contributed by atoms with E-state index in [1.165, 1.54) is 18.2 Å². The Kier molecular flexibility index (Phi) is 19.0. The molecule has 0 aliphatic heterocycles. The molecule has 2 aromatic carbocycles.